The number of hydrogen-bond acceptors (Lipinski definition) is 1. The second kappa shape index (κ2) is 3.29. The van der Waals surface area contributed by atoms with E-state index in [4.69, 9.17) is 5.11 Å². The van der Waals surface area contributed by atoms with Crippen LogP contribution in [0, 0.1) is 0 Å². The Morgan fingerprint density at radius 1 is 1.47 bits per heavy atom. The van der Waals surface area contributed by atoms with E-state index in [2.05, 4.69) is 0 Å². The van der Waals surface area contributed by atoms with Crippen molar-refractivity contribution in [3.05, 3.63) is 35.4 Å². The zero-order valence-corrected chi connectivity index (χ0v) is 7.91. The molecular weight excluding hydrogens is 202 g/mol. The molecule has 0 aromatic heterocycles. The van der Waals surface area contributed by atoms with Crippen LogP contribution in [0.3, 0.4) is 0 Å². The maximum atomic E-state index is 13.4. The van der Waals surface area contributed by atoms with Gasteiger partial charge in [0, 0.05) is 17.9 Å². The first-order chi connectivity index (χ1) is 7.00. The molecule has 0 bridgehead atoms. The van der Waals surface area contributed by atoms with E-state index >= 15 is 0 Å². The van der Waals surface area contributed by atoms with Gasteiger partial charge in [0.25, 0.3) is 5.92 Å². The molecule has 0 fully saturated rings. The lowest BCUT2D eigenvalue weighted by Crippen LogP contribution is -2.09. The number of aliphatic carboxylic acids is 1. The Morgan fingerprint density at radius 2 is 2.13 bits per heavy atom. The van der Waals surface area contributed by atoms with Gasteiger partial charge in [-0.25, -0.2) is 8.78 Å². The molecule has 1 aliphatic rings. The van der Waals surface area contributed by atoms with Crippen molar-refractivity contribution in [2.24, 2.45) is 0 Å². The third kappa shape index (κ3) is 1.71. The molecule has 2 nitrogen and oxygen atoms in total. The lowest BCUT2D eigenvalue weighted by molar-refractivity contribution is -0.137. The van der Waals surface area contributed by atoms with Crippen molar-refractivity contribution in [1.82, 2.24) is 0 Å². The second-order valence-corrected chi connectivity index (χ2v) is 3.79. The minimum absolute atomic E-state index is 0.0174. The first-order valence-electron chi connectivity index (χ1n) is 4.70. The number of carboxylic acid groups (broad SMARTS) is 1. The van der Waals surface area contributed by atoms with Crippen LogP contribution in [0.15, 0.2) is 24.3 Å². The fraction of sp³-hybridized carbons (Fsp3) is 0.364. The first kappa shape index (κ1) is 10.1. The largest absolute Gasteiger partial charge is 0.481 e. The molecule has 15 heavy (non-hydrogen) atoms. The van der Waals surface area contributed by atoms with Crippen molar-refractivity contribution in [3.63, 3.8) is 0 Å². The van der Waals surface area contributed by atoms with E-state index in [0.717, 1.165) is 0 Å². The number of halogens is 2. The molecule has 1 aliphatic carbocycles. The van der Waals surface area contributed by atoms with Gasteiger partial charge in [-0.05, 0) is 5.56 Å². The summed E-state index contributed by atoms with van der Waals surface area (Å²) in [5.74, 6) is -4.47. The Kier molecular flexibility index (Phi) is 2.21. The predicted octanol–water partition coefficient (Wildman–Crippen LogP) is 2.74. The average molecular weight is 212 g/mol. The summed E-state index contributed by atoms with van der Waals surface area (Å²) in [5.41, 5.74) is 0.459. The standard InChI is InChI=1S/C11H10F2O2/c12-11(13)6-7(5-10(14)15)8-3-1-2-4-9(8)11/h1-4,7H,5-6H2,(H,14,15). The third-order valence-corrected chi connectivity index (χ3v) is 2.72. The third-order valence-electron chi connectivity index (χ3n) is 2.72. The fourth-order valence-electron chi connectivity index (χ4n) is 2.11. The van der Waals surface area contributed by atoms with Crippen molar-refractivity contribution in [2.75, 3.05) is 0 Å². The normalized spacial score (nSPS) is 22.4. The number of benzene rings is 1. The molecule has 0 aliphatic heterocycles. The summed E-state index contributed by atoms with van der Waals surface area (Å²) >= 11 is 0. The van der Waals surface area contributed by atoms with Gasteiger partial charge in [0.2, 0.25) is 0 Å². The van der Waals surface area contributed by atoms with E-state index in [1.165, 1.54) is 6.07 Å². The Bertz CT molecular complexity index is 401. The Morgan fingerprint density at radius 3 is 2.80 bits per heavy atom. The summed E-state index contributed by atoms with van der Waals surface area (Å²) < 4.78 is 26.9. The molecule has 1 aromatic carbocycles. The maximum absolute atomic E-state index is 13.4. The second-order valence-electron chi connectivity index (χ2n) is 3.79. The molecule has 0 spiro atoms. The van der Waals surface area contributed by atoms with Gasteiger partial charge in [0.15, 0.2) is 0 Å². The van der Waals surface area contributed by atoms with E-state index < -0.39 is 24.2 Å². The molecule has 1 unspecified atom stereocenters. The number of fused-ring (bicyclic) bond motifs is 1. The van der Waals surface area contributed by atoms with Crippen LogP contribution >= 0.6 is 0 Å². The molecule has 4 heteroatoms. The first-order valence-corrected chi connectivity index (χ1v) is 4.70. The number of carbonyl (C=O) groups is 1. The molecule has 1 aromatic rings. The molecule has 0 radical (unpaired) electrons. The summed E-state index contributed by atoms with van der Waals surface area (Å²) in [4.78, 5) is 10.5. The van der Waals surface area contributed by atoms with Gasteiger partial charge in [0.05, 0.1) is 6.42 Å². The van der Waals surface area contributed by atoms with E-state index in [9.17, 15) is 13.6 Å². The van der Waals surface area contributed by atoms with E-state index in [1.807, 2.05) is 0 Å². The number of carboxylic acids is 1. The van der Waals surface area contributed by atoms with Gasteiger partial charge in [-0.3, -0.25) is 4.79 Å². The summed E-state index contributed by atoms with van der Waals surface area (Å²) in [6, 6.07) is 6.17. The summed E-state index contributed by atoms with van der Waals surface area (Å²) in [7, 11) is 0. The van der Waals surface area contributed by atoms with Gasteiger partial charge in [0.1, 0.15) is 0 Å². The summed E-state index contributed by atoms with van der Waals surface area (Å²) in [6.45, 7) is 0. The van der Waals surface area contributed by atoms with Crippen molar-refractivity contribution in [1.29, 1.82) is 0 Å². The van der Waals surface area contributed by atoms with E-state index in [0.29, 0.717) is 5.56 Å². The number of alkyl halides is 2. The van der Waals surface area contributed by atoms with Crippen LogP contribution in [0.2, 0.25) is 0 Å². The Labute approximate surface area is 85.5 Å². The molecule has 0 amide bonds. The van der Waals surface area contributed by atoms with Crippen molar-refractivity contribution in [3.8, 4) is 0 Å². The van der Waals surface area contributed by atoms with Crippen molar-refractivity contribution in [2.45, 2.75) is 24.7 Å². The van der Waals surface area contributed by atoms with Gasteiger partial charge in [-0.2, -0.15) is 0 Å². The molecule has 0 heterocycles. The lowest BCUT2D eigenvalue weighted by Gasteiger charge is -2.09. The van der Waals surface area contributed by atoms with Crippen molar-refractivity contribution >= 4 is 5.97 Å². The van der Waals surface area contributed by atoms with E-state index in [-0.39, 0.29) is 12.0 Å². The van der Waals surface area contributed by atoms with Crippen molar-refractivity contribution < 1.29 is 18.7 Å². The molecule has 1 atom stereocenters. The molecular formula is C11H10F2O2. The molecule has 0 saturated heterocycles. The molecule has 1 N–H and O–H groups in total. The van der Waals surface area contributed by atoms with Gasteiger partial charge >= 0.3 is 5.97 Å². The van der Waals surface area contributed by atoms with Crippen LogP contribution < -0.4 is 0 Å². The van der Waals surface area contributed by atoms with Crippen LogP contribution in [0.4, 0.5) is 8.78 Å². The van der Waals surface area contributed by atoms with Gasteiger partial charge in [-0.1, -0.05) is 24.3 Å². The van der Waals surface area contributed by atoms with Crippen LogP contribution in [-0.2, 0) is 10.7 Å². The highest BCUT2D eigenvalue weighted by atomic mass is 19.3. The minimum Gasteiger partial charge on any atom is -0.481 e. The van der Waals surface area contributed by atoms with Crippen LogP contribution in [0.25, 0.3) is 0 Å². The van der Waals surface area contributed by atoms with Crippen LogP contribution in [-0.4, -0.2) is 11.1 Å². The topological polar surface area (TPSA) is 37.3 Å². The van der Waals surface area contributed by atoms with Gasteiger partial charge < -0.3 is 5.11 Å². The number of hydrogen-bond donors (Lipinski definition) is 1. The van der Waals surface area contributed by atoms with Crippen LogP contribution in [0.1, 0.15) is 29.9 Å². The Balaban J connectivity index is 2.38. The number of rotatable bonds is 2. The highest BCUT2D eigenvalue weighted by Gasteiger charge is 2.44. The SMILES string of the molecule is O=C(O)CC1CC(F)(F)c2ccccc21. The summed E-state index contributed by atoms with van der Waals surface area (Å²) in [5, 5.41) is 8.62. The average Bonchev–Trinajstić information content (AvgIpc) is 2.39. The molecule has 2 rings (SSSR count). The monoisotopic (exact) mass is 212 g/mol. The Hall–Kier alpha value is -1.45. The fourth-order valence-corrected chi connectivity index (χ4v) is 2.11. The van der Waals surface area contributed by atoms with E-state index in [1.54, 1.807) is 18.2 Å². The maximum Gasteiger partial charge on any atom is 0.303 e. The zero-order valence-electron chi connectivity index (χ0n) is 7.91. The molecule has 80 valence electrons. The predicted molar refractivity (Wildman–Crippen MR) is 49.9 cm³/mol. The quantitative estimate of drug-likeness (QED) is 0.818. The smallest absolute Gasteiger partial charge is 0.303 e. The zero-order chi connectivity index (χ0) is 11.1. The molecule has 0 saturated carbocycles. The minimum atomic E-state index is -2.88. The highest BCUT2D eigenvalue weighted by Crippen LogP contribution is 2.49. The highest BCUT2D eigenvalue weighted by molar-refractivity contribution is 5.68. The lowest BCUT2D eigenvalue weighted by atomic mass is 9.98. The summed E-state index contributed by atoms with van der Waals surface area (Å²) in [6.07, 6.45) is -0.620. The van der Waals surface area contributed by atoms with Gasteiger partial charge in [-0.15, -0.1) is 0 Å². The van der Waals surface area contributed by atoms with Crippen LogP contribution in [0.5, 0.6) is 0 Å².